The number of rotatable bonds is 3. The quantitative estimate of drug-likeness (QED) is 0.818. The van der Waals surface area contributed by atoms with E-state index in [1.54, 1.807) is 0 Å². The highest BCUT2D eigenvalue weighted by Crippen LogP contribution is 2.15. The number of benzene rings is 1. The molecule has 0 aromatic heterocycles. The standard InChI is InChI=1S/C9H11ClO.CH4O3S/c10-9-6-2-1-4-8(9)5-3-7-11;1-5(2,3)4/h1-2,4,6,11H,3,5,7H2;1H3,(H,2,3,4). The van der Waals surface area contributed by atoms with Crippen LogP contribution in [-0.4, -0.2) is 30.9 Å². The SMILES string of the molecule is CS(=O)(=O)O.OCCCc1ccccc1Cl. The van der Waals surface area contributed by atoms with Gasteiger partial charge < -0.3 is 5.11 Å². The number of aryl methyl sites for hydroxylation is 1. The van der Waals surface area contributed by atoms with Gasteiger partial charge in [0.05, 0.1) is 6.26 Å². The molecular formula is C10H15ClO4S. The molecule has 2 N–H and O–H groups in total. The largest absolute Gasteiger partial charge is 0.396 e. The van der Waals surface area contributed by atoms with E-state index in [-0.39, 0.29) is 6.61 Å². The zero-order valence-corrected chi connectivity index (χ0v) is 10.5. The van der Waals surface area contributed by atoms with Crippen molar-refractivity contribution in [2.24, 2.45) is 0 Å². The Morgan fingerprint density at radius 1 is 1.31 bits per heavy atom. The van der Waals surface area contributed by atoms with E-state index >= 15 is 0 Å². The van der Waals surface area contributed by atoms with Crippen LogP contribution >= 0.6 is 11.6 Å². The molecule has 92 valence electrons. The van der Waals surface area contributed by atoms with E-state index in [9.17, 15) is 8.42 Å². The van der Waals surface area contributed by atoms with Gasteiger partial charge in [0.25, 0.3) is 10.1 Å². The van der Waals surface area contributed by atoms with Crippen molar-refractivity contribution in [2.45, 2.75) is 12.8 Å². The molecule has 1 rings (SSSR count). The van der Waals surface area contributed by atoms with Crippen LogP contribution < -0.4 is 0 Å². The molecule has 6 heteroatoms. The Morgan fingerprint density at radius 2 is 1.81 bits per heavy atom. The van der Waals surface area contributed by atoms with Crippen LogP contribution in [0.15, 0.2) is 24.3 Å². The monoisotopic (exact) mass is 266 g/mol. The summed E-state index contributed by atoms with van der Waals surface area (Å²) in [4.78, 5) is 0. The van der Waals surface area contributed by atoms with E-state index in [1.807, 2.05) is 24.3 Å². The Hall–Kier alpha value is -0.620. The molecule has 0 saturated carbocycles. The van der Waals surface area contributed by atoms with Crippen LogP contribution in [0, 0.1) is 0 Å². The molecule has 0 aliphatic rings. The lowest BCUT2D eigenvalue weighted by atomic mass is 10.1. The molecule has 0 aliphatic heterocycles. The van der Waals surface area contributed by atoms with Crippen LogP contribution in [0.5, 0.6) is 0 Å². The van der Waals surface area contributed by atoms with Gasteiger partial charge in [-0.2, -0.15) is 8.42 Å². The van der Waals surface area contributed by atoms with Crippen LogP contribution in [0.25, 0.3) is 0 Å². The molecule has 0 unspecified atom stereocenters. The van der Waals surface area contributed by atoms with Crippen molar-refractivity contribution < 1.29 is 18.1 Å². The van der Waals surface area contributed by atoms with E-state index in [4.69, 9.17) is 21.3 Å². The van der Waals surface area contributed by atoms with Gasteiger partial charge in [0.15, 0.2) is 0 Å². The Balaban J connectivity index is 0.000000385. The summed E-state index contributed by atoms with van der Waals surface area (Å²) in [6.45, 7) is 0.227. The van der Waals surface area contributed by atoms with Crippen molar-refractivity contribution in [3.05, 3.63) is 34.9 Å². The fourth-order valence-electron chi connectivity index (χ4n) is 0.971. The smallest absolute Gasteiger partial charge is 0.261 e. The highest BCUT2D eigenvalue weighted by molar-refractivity contribution is 7.85. The third-order valence-electron chi connectivity index (χ3n) is 1.56. The lowest BCUT2D eigenvalue weighted by Gasteiger charge is -2.00. The molecule has 0 atom stereocenters. The molecule has 0 fully saturated rings. The first-order chi connectivity index (χ1) is 7.34. The number of halogens is 1. The van der Waals surface area contributed by atoms with E-state index in [1.165, 1.54) is 0 Å². The van der Waals surface area contributed by atoms with Crippen molar-refractivity contribution in [3.63, 3.8) is 0 Å². The molecule has 0 amide bonds. The molecule has 0 bridgehead atoms. The summed E-state index contributed by atoms with van der Waals surface area (Å²) in [6.07, 6.45) is 2.35. The summed E-state index contributed by atoms with van der Waals surface area (Å²) in [7, 11) is -3.67. The van der Waals surface area contributed by atoms with Gasteiger partial charge in [-0.3, -0.25) is 4.55 Å². The lowest BCUT2D eigenvalue weighted by molar-refractivity contribution is 0.288. The average Bonchev–Trinajstić information content (AvgIpc) is 2.14. The van der Waals surface area contributed by atoms with E-state index in [0.717, 1.165) is 23.4 Å². The predicted molar refractivity (Wildman–Crippen MR) is 64.3 cm³/mol. The minimum absolute atomic E-state index is 0.227. The highest BCUT2D eigenvalue weighted by Gasteiger charge is 1.96. The van der Waals surface area contributed by atoms with Crippen molar-refractivity contribution in [1.82, 2.24) is 0 Å². The molecule has 1 aromatic rings. The summed E-state index contributed by atoms with van der Waals surface area (Å²) in [5, 5.41) is 9.37. The second-order valence-electron chi connectivity index (χ2n) is 3.15. The normalized spacial score (nSPS) is 10.5. The van der Waals surface area contributed by atoms with Crippen molar-refractivity contribution in [3.8, 4) is 0 Å². The van der Waals surface area contributed by atoms with Crippen molar-refractivity contribution in [1.29, 1.82) is 0 Å². The van der Waals surface area contributed by atoms with Gasteiger partial charge in [-0.25, -0.2) is 0 Å². The number of hydrogen-bond acceptors (Lipinski definition) is 3. The van der Waals surface area contributed by atoms with Gasteiger partial charge in [0.1, 0.15) is 0 Å². The second kappa shape index (κ2) is 7.62. The number of aliphatic hydroxyl groups is 1. The van der Waals surface area contributed by atoms with Crippen LogP contribution in [0.4, 0.5) is 0 Å². The lowest BCUT2D eigenvalue weighted by Crippen LogP contribution is -1.89. The zero-order chi connectivity index (χ0) is 12.6. The Bertz CT molecular complexity index is 395. The maximum absolute atomic E-state index is 9.19. The number of hydrogen-bond donors (Lipinski definition) is 2. The summed E-state index contributed by atoms with van der Waals surface area (Å²) in [5.41, 5.74) is 1.11. The fourth-order valence-corrected chi connectivity index (χ4v) is 1.20. The first-order valence-electron chi connectivity index (χ1n) is 4.61. The Morgan fingerprint density at radius 3 is 2.25 bits per heavy atom. The van der Waals surface area contributed by atoms with Gasteiger partial charge in [0.2, 0.25) is 0 Å². The van der Waals surface area contributed by atoms with Gasteiger partial charge in [-0.1, -0.05) is 29.8 Å². The first-order valence-corrected chi connectivity index (χ1v) is 6.84. The summed E-state index contributed by atoms with van der Waals surface area (Å²) < 4.78 is 25.9. The summed E-state index contributed by atoms with van der Waals surface area (Å²) in [6, 6.07) is 7.72. The van der Waals surface area contributed by atoms with Crippen molar-refractivity contribution in [2.75, 3.05) is 12.9 Å². The van der Waals surface area contributed by atoms with Crippen molar-refractivity contribution >= 4 is 21.7 Å². The third-order valence-corrected chi connectivity index (χ3v) is 1.93. The Labute approximate surface area is 101 Å². The molecular weight excluding hydrogens is 252 g/mol. The maximum atomic E-state index is 9.19. The van der Waals surface area contributed by atoms with Crippen LogP contribution in [-0.2, 0) is 16.5 Å². The molecule has 16 heavy (non-hydrogen) atoms. The molecule has 0 radical (unpaired) electrons. The molecule has 1 aromatic carbocycles. The second-order valence-corrected chi connectivity index (χ2v) is 5.02. The highest BCUT2D eigenvalue weighted by atomic mass is 35.5. The van der Waals surface area contributed by atoms with Gasteiger partial charge >= 0.3 is 0 Å². The van der Waals surface area contributed by atoms with Crippen LogP contribution in [0.1, 0.15) is 12.0 Å². The van der Waals surface area contributed by atoms with Gasteiger partial charge in [-0.15, -0.1) is 0 Å². The Kier molecular flexibility index (Phi) is 7.33. The van der Waals surface area contributed by atoms with E-state index < -0.39 is 10.1 Å². The summed E-state index contributed by atoms with van der Waals surface area (Å²) >= 11 is 5.88. The van der Waals surface area contributed by atoms with Crippen LogP contribution in [0.2, 0.25) is 5.02 Å². The molecule has 0 spiro atoms. The molecule has 0 aliphatic carbocycles. The molecule has 0 saturated heterocycles. The minimum Gasteiger partial charge on any atom is -0.396 e. The molecule has 0 heterocycles. The predicted octanol–water partition coefficient (Wildman–Crippen LogP) is 1.77. The van der Waals surface area contributed by atoms with E-state index in [2.05, 4.69) is 0 Å². The fraction of sp³-hybridized carbons (Fsp3) is 0.400. The van der Waals surface area contributed by atoms with Crippen LogP contribution in [0.3, 0.4) is 0 Å². The van der Waals surface area contributed by atoms with Gasteiger partial charge in [-0.05, 0) is 24.5 Å². The average molecular weight is 267 g/mol. The topological polar surface area (TPSA) is 74.6 Å². The maximum Gasteiger partial charge on any atom is 0.261 e. The zero-order valence-electron chi connectivity index (χ0n) is 8.93. The first kappa shape index (κ1) is 15.4. The van der Waals surface area contributed by atoms with Gasteiger partial charge in [0, 0.05) is 11.6 Å². The number of aliphatic hydroxyl groups excluding tert-OH is 1. The van der Waals surface area contributed by atoms with E-state index in [0.29, 0.717) is 6.26 Å². The summed E-state index contributed by atoms with van der Waals surface area (Å²) in [5.74, 6) is 0. The minimum atomic E-state index is -3.67. The third kappa shape index (κ3) is 9.92. The molecule has 4 nitrogen and oxygen atoms in total.